The molecule has 0 unspecified atom stereocenters. The Labute approximate surface area is 200 Å². The number of alkyl halides is 3. The molecule has 2 aromatic carbocycles. The number of amides is 1. The van der Waals surface area contributed by atoms with Gasteiger partial charge in [0, 0.05) is 70.6 Å². The highest BCUT2D eigenvalue weighted by Crippen LogP contribution is 2.36. The fourth-order valence-corrected chi connectivity index (χ4v) is 4.00. The number of halogens is 3. The topological polar surface area (TPSA) is 87.6 Å². The number of aliphatic hydroxyl groups excluding tert-OH is 1. The molecule has 2 heterocycles. The van der Waals surface area contributed by atoms with E-state index in [9.17, 15) is 18.7 Å². The Morgan fingerprint density at radius 3 is 2.56 bits per heavy atom. The van der Waals surface area contributed by atoms with Crippen LogP contribution in [-0.2, 0) is 0 Å². The smallest absolute Gasteiger partial charge is 0.420 e. The SMILES string of the molecule is Cc1ncncc1-c1cc(C(=O)Nc2ccc(OC(F)(F)Cl)cc2)ccc1N1C[C@H](C)[C@@H](O)C1. The second-order valence-corrected chi connectivity index (χ2v) is 8.67. The molecule has 1 amide bonds. The van der Waals surface area contributed by atoms with Crippen LogP contribution in [0.3, 0.4) is 0 Å². The third-order valence-corrected chi connectivity index (χ3v) is 5.80. The van der Waals surface area contributed by atoms with Gasteiger partial charge in [0.15, 0.2) is 0 Å². The Morgan fingerprint density at radius 2 is 1.94 bits per heavy atom. The summed E-state index contributed by atoms with van der Waals surface area (Å²) in [4.78, 5) is 23.5. The number of carbonyl (C=O) groups is 1. The predicted molar refractivity (Wildman–Crippen MR) is 125 cm³/mol. The number of ether oxygens (including phenoxy) is 1. The van der Waals surface area contributed by atoms with Gasteiger partial charge in [0.05, 0.1) is 6.10 Å². The van der Waals surface area contributed by atoms with Crippen molar-refractivity contribution < 1.29 is 23.4 Å². The number of rotatable bonds is 6. The van der Waals surface area contributed by atoms with Crippen LogP contribution in [0.2, 0.25) is 0 Å². The van der Waals surface area contributed by atoms with Crippen molar-refractivity contribution in [1.29, 1.82) is 0 Å². The first-order valence-electron chi connectivity index (χ1n) is 10.6. The Morgan fingerprint density at radius 1 is 1.21 bits per heavy atom. The summed E-state index contributed by atoms with van der Waals surface area (Å²) in [5, 5.41) is 13.0. The first kappa shape index (κ1) is 23.8. The minimum Gasteiger partial charge on any atom is -0.420 e. The molecule has 1 aliphatic heterocycles. The quantitative estimate of drug-likeness (QED) is 0.489. The number of nitrogens with one attached hydrogen (secondary N) is 1. The molecule has 0 saturated carbocycles. The fraction of sp³-hybridized carbons (Fsp3) is 0.292. The zero-order valence-corrected chi connectivity index (χ0v) is 19.3. The summed E-state index contributed by atoms with van der Waals surface area (Å²) < 4.78 is 29.8. The van der Waals surface area contributed by atoms with Gasteiger partial charge in [-0.2, -0.15) is 0 Å². The molecule has 7 nitrogen and oxygen atoms in total. The Kier molecular flexibility index (Phi) is 6.67. The van der Waals surface area contributed by atoms with E-state index < -0.39 is 11.7 Å². The molecule has 10 heteroatoms. The maximum absolute atomic E-state index is 13.0. The summed E-state index contributed by atoms with van der Waals surface area (Å²) in [6, 6.07) is 10.8. The van der Waals surface area contributed by atoms with Crippen molar-refractivity contribution in [2.75, 3.05) is 23.3 Å². The third kappa shape index (κ3) is 5.43. The van der Waals surface area contributed by atoms with Gasteiger partial charge in [-0.1, -0.05) is 6.92 Å². The summed E-state index contributed by atoms with van der Waals surface area (Å²) in [6.45, 7) is 5.03. The summed E-state index contributed by atoms with van der Waals surface area (Å²) in [5.74, 6) is -0.394. The van der Waals surface area contributed by atoms with Gasteiger partial charge in [-0.15, -0.1) is 8.78 Å². The highest BCUT2D eigenvalue weighted by Gasteiger charge is 2.30. The number of aromatic nitrogens is 2. The molecule has 34 heavy (non-hydrogen) atoms. The summed E-state index contributed by atoms with van der Waals surface area (Å²) in [5.41, 5.74) is 0.171. The van der Waals surface area contributed by atoms with Gasteiger partial charge >= 0.3 is 5.57 Å². The van der Waals surface area contributed by atoms with Gasteiger partial charge in [-0.05, 0) is 49.4 Å². The molecular formula is C24H23ClF2N4O3. The number of anilines is 2. The van der Waals surface area contributed by atoms with E-state index in [4.69, 9.17) is 11.6 Å². The molecule has 1 aromatic heterocycles. The third-order valence-electron chi connectivity index (χ3n) is 5.72. The van der Waals surface area contributed by atoms with Crippen molar-refractivity contribution >= 4 is 28.9 Å². The van der Waals surface area contributed by atoms with E-state index >= 15 is 0 Å². The Balaban J connectivity index is 1.62. The van der Waals surface area contributed by atoms with E-state index in [1.54, 1.807) is 18.3 Å². The molecule has 0 radical (unpaired) electrons. The van der Waals surface area contributed by atoms with Crippen LogP contribution in [0.25, 0.3) is 11.1 Å². The van der Waals surface area contributed by atoms with Crippen molar-refractivity contribution in [1.82, 2.24) is 9.97 Å². The van der Waals surface area contributed by atoms with Crippen LogP contribution >= 0.6 is 11.6 Å². The van der Waals surface area contributed by atoms with Gasteiger partial charge in [0.2, 0.25) is 0 Å². The van der Waals surface area contributed by atoms with Crippen molar-refractivity contribution in [3.8, 4) is 16.9 Å². The second kappa shape index (κ2) is 9.52. The van der Waals surface area contributed by atoms with E-state index in [0.29, 0.717) is 24.3 Å². The molecule has 1 saturated heterocycles. The van der Waals surface area contributed by atoms with Crippen molar-refractivity contribution in [2.45, 2.75) is 25.5 Å². The Hall–Kier alpha value is -3.30. The van der Waals surface area contributed by atoms with Gasteiger partial charge in [0.25, 0.3) is 5.91 Å². The average molecular weight is 489 g/mol. The molecule has 178 valence electrons. The number of aryl methyl sites for hydroxylation is 1. The van der Waals surface area contributed by atoms with Gasteiger partial charge in [-0.25, -0.2) is 9.97 Å². The van der Waals surface area contributed by atoms with Crippen LogP contribution in [-0.4, -0.2) is 45.7 Å². The van der Waals surface area contributed by atoms with Gasteiger partial charge in [-0.3, -0.25) is 4.79 Å². The highest BCUT2D eigenvalue weighted by molar-refractivity contribution is 6.20. The van der Waals surface area contributed by atoms with Gasteiger partial charge in [0.1, 0.15) is 12.1 Å². The second-order valence-electron chi connectivity index (χ2n) is 8.23. The maximum atomic E-state index is 13.0. The molecule has 1 aliphatic rings. The largest absolute Gasteiger partial charge is 0.487 e. The fourth-order valence-electron chi connectivity index (χ4n) is 3.91. The van der Waals surface area contributed by atoms with Crippen molar-refractivity contribution in [3.63, 3.8) is 0 Å². The molecule has 4 rings (SSSR count). The first-order chi connectivity index (χ1) is 16.1. The summed E-state index contributed by atoms with van der Waals surface area (Å²) >= 11 is 4.77. The summed E-state index contributed by atoms with van der Waals surface area (Å²) in [6.07, 6.45) is 2.73. The van der Waals surface area contributed by atoms with Crippen LogP contribution in [0.15, 0.2) is 55.0 Å². The van der Waals surface area contributed by atoms with Gasteiger partial charge < -0.3 is 20.1 Å². The standard InChI is InChI=1S/C24H23ClF2N4O3/c1-14-11-31(12-22(14)32)21-8-3-16(9-19(21)20-10-28-13-29-15(20)2)23(33)30-17-4-6-18(7-5-17)34-24(25,26)27/h3-10,13-14,22,32H,11-12H2,1-2H3,(H,30,33)/t14-,22-/m0/s1. The molecule has 0 spiro atoms. The Bertz CT molecular complexity index is 1180. The molecule has 3 aromatic rings. The first-order valence-corrected chi connectivity index (χ1v) is 11.0. The molecular weight excluding hydrogens is 466 g/mol. The van der Waals surface area contributed by atoms with E-state index in [-0.39, 0.29) is 17.6 Å². The van der Waals surface area contributed by atoms with E-state index in [1.165, 1.54) is 30.6 Å². The van der Waals surface area contributed by atoms with Crippen LogP contribution in [0, 0.1) is 12.8 Å². The minimum atomic E-state index is -3.81. The van der Waals surface area contributed by atoms with E-state index in [0.717, 1.165) is 22.5 Å². The minimum absolute atomic E-state index is 0.120. The van der Waals surface area contributed by atoms with Crippen molar-refractivity contribution in [2.24, 2.45) is 5.92 Å². The number of hydrogen-bond acceptors (Lipinski definition) is 6. The van der Waals surface area contributed by atoms with Crippen LogP contribution in [0.4, 0.5) is 20.2 Å². The number of β-amino-alcohol motifs (C(OH)–C–C–N with tert-alkyl or cyclic N) is 1. The number of hydrogen-bond donors (Lipinski definition) is 2. The van der Waals surface area contributed by atoms with E-state index in [2.05, 4.69) is 24.9 Å². The monoisotopic (exact) mass is 488 g/mol. The molecule has 2 atom stereocenters. The highest BCUT2D eigenvalue weighted by atomic mass is 35.5. The van der Waals surface area contributed by atoms with Crippen LogP contribution in [0.1, 0.15) is 23.0 Å². The predicted octanol–water partition coefficient (Wildman–Crippen LogP) is 4.69. The van der Waals surface area contributed by atoms with E-state index in [1.807, 2.05) is 19.9 Å². The number of nitrogens with zero attached hydrogens (tertiary/aromatic N) is 3. The molecule has 1 fully saturated rings. The lowest BCUT2D eigenvalue weighted by molar-refractivity contribution is -0.0964. The lowest BCUT2D eigenvalue weighted by Crippen LogP contribution is -2.22. The van der Waals surface area contributed by atoms with Crippen molar-refractivity contribution in [3.05, 3.63) is 66.2 Å². The summed E-state index contributed by atoms with van der Waals surface area (Å²) in [7, 11) is 0. The molecule has 2 N–H and O–H groups in total. The molecule has 0 bridgehead atoms. The zero-order valence-electron chi connectivity index (χ0n) is 18.5. The zero-order chi connectivity index (χ0) is 24.5. The maximum Gasteiger partial charge on any atom is 0.487 e. The normalized spacial score (nSPS) is 18.1. The lowest BCUT2D eigenvalue weighted by atomic mass is 9.99. The van der Waals surface area contributed by atoms with Crippen LogP contribution < -0.4 is 15.0 Å². The molecule has 0 aliphatic carbocycles. The number of aliphatic hydroxyl groups is 1. The number of carbonyl (C=O) groups excluding carboxylic acids is 1. The number of benzene rings is 2. The van der Waals surface area contributed by atoms with Crippen LogP contribution in [0.5, 0.6) is 5.75 Å². The lowest BCUT2D eigenvalue weighted by Gasteiger charge is -2.23. The average Bonchev–Trinajstić information content (AvgIpc) is 3.12.